The third kappa shape index (κ3) is 3.38. The smallest absolute Gasteiger partial charge is 0.328 e. The number of nitrogens with zero attached hydrogens (tertiary/aromatic N) is 3. The van der Waals surface area contributed by atoms with Crippen molar-refractivity contribution in [2.75, 3.05) is 59.1 Å². The first-order chi connectivity index (χ1) is 9.63. The van der Waals surface area contributed by atoms with Crippen LogP contribution < -0.4 is 0 Å². The number of carboxylic acid groups (broad SMARTS) is 1. The minimum absolute atomic E-state index is 0.0472. The number of carboxylic acids is 1. The normalized spacial score (nSPS) is 24.8. The van der Waals surface area contributed by atoms with Crippen LogP contribution in [0.1, 0.15) is 0 Å². The second-order valence-electron chi connectivity index (χ2n) is 4.96. The molecule has 0 aromatic rings. The Morgan fingerprint density at radius 1 is 1.15 bits per heavy atom. The SMILES string of the molecule is O=C(O)C1COCCN1C(=O)N1CCN(CCO)CC1. The Morgan fingerprint density at radius 2 is 1.85 bits per heavy atom. The van der Waals surface area contributed by atoms with Crippen molar-refractivity contribution in [3.63, 3.8) is 0 Å². The van der Waals surface area contributed by atoms with Gasteiger partial charge < -0.3 is 24.7 Å². The number of carbonyl (C=O) groups excluding carboxylic acids is 1. The second-order valence-corrected chi connectivity index (χ2v) is 4.96. The maximum atomic E-state index is 12.4. The van der Waals surface area contributed by atoms with Gasteiger partial charge in [0.1, 0.15) is 0 Å². The summed E-state index contributed by atoms with van der Waals surface area (Å²) in [5, 5.41) is 18.0. The Bertz CT molecular complexity index is 357. The number of piperazine rings is 1. The molecule has 2 saturated heterocycles. The molecule has 1 atom stereocenters. The van der Waals surface area contributed by atoms with Gasteiger partial charge in [0.05, 0.1) is 19.8 Å². The van der Waals surface area contributed by atoms with Crippen LogP contribution in [0.5, 0.6) is 0 Å². The van der Waals surface area contributed by atoms with Crippen molar-refractivity contribution in [2.45, 2.75) is 6.04 Å². The van der Waals surface area contributed by atoms with E-state index in [1.165, 1.54) is 4.90 Å². The van der Waals surface area contributed by atoms with Gasteiger partial charge in [-0.15, -0.1) is 0 Å². The molecule has 0 aromatic carbocycles. The Balaban J connectivity index is 1.92. The molecule has 0 aliphatic carbocycles. The molecule has 20 heavy (non-hydrogen) atoms. The molecule has 1 unspecified atom stereocenters. The van der Waals surface area contributed by atoms with Crippen LogP contribution >= 0.6 is 0 Å². The fourth-order valence-corrected chi connectivity index (χ4v) is 2.52. The Morgan fingerprint density at radius 3 is 2.45 bits per heavy atom. The number of urea groups is 1. The summed E-state index contributed by atoms with van der Waals surface area (Å²) in [7, 11) is 0. The Hall–Kier alpha value is -1.38. The van der Waals surface area contributed by atoms with Gasteiger partial charge >= 0.3 is 12.0 Å². The van der Waals surface area contributed by atoms with Crippen LogP contribution in [-0.2, 0) is 9.53 Å². The van der Waals surface area contributed by atoms with Crippen molar-refractivity contribution < 1.29 is 24.5 Å². The first kappa shape index (κ1) is 15.0. The molecule has 8 heteroatoms. The predicted molar refractivity (Wildman–Crippen MR) is 69.4 cm³/mol. The third-order valence-electron chi connectivity index (χ3n) is 3.72. The first-order valence-corrected chi connectivity index (χ1v) is 6.83. The molecule has 0 spiro atoms. The number of rotatable bonds is 3. The van der Waals surface area contributed by atoms with Crippen LogP contribution in [0.25, 0.3) is 0 Å². The largest absolute Gasteiger partial charge is 0.480 e. The number of amides is 2. The third-order valence-corrected chi connectivity index (χ3v) is 3.72. The molecule has 0 aromatic heterocycles. The standard InChI is InChI=1S/C12H21N3O5/c16-7-5-13-1-3-14(4-2-13)12(19)15-6-8-20-9-10(15)11(17)18/h10,16H,1-9H2,(H,17,18). The van der Waals surface area contributed by atoms with Gasteiger partial charge in [-0.1, -0.05) is 0 Å². The fraction of sp³-hybridized carbons (Fsp3) is 0.833. The monoisotopic (exact) mass is 287 g/mol. The summed E-state index contributed by atoms with van der Waals surface area (Å²) in [6.45, 7) is 3.97. The van der Waals surface area contributed by atoms with Crippen LogP contribution in [0.2, 0.25) is 0 Å². The average molecular weight is 287 g/mol. The number of hydrogen-bond acceptors (Lipinski definition) is 5. The van der Waals surface area contributed by atoms with Crippen molar-refractivity contribution in [3.8, 4) is 0 Å². The zero-order valence-electron chi connectivity index (χ0n) is 11.4. The van der Waals surface area contributed by atoms with E-state index in [9.17, 15) is 9.59 Å². The topological polar surface area (TPSA) is 93.5 Å². The van der Waals surface area contributed by atoms with Crippen molar-refractivity contribution in [3.05, 3.63) is 0 Å². The van der Waals surface area contributed by atoms with Crippen LogP contribution in [0, 0.1) is 0 Å². The van der Waals surface area contributed by atoms with E-state index >= 15 is 0 Å². The quantitative estimate of drug-likeness (QED) is 0.656. The van der Waals surface area contributed by atoms with Crippen LogP contribution in [-0.4, -0.2) is 102 Å². The Kier molecular flexibility index (Phi) is 5.16. The van der Waals surface area contributed by atoms with Crippen molar-refractivity contribution in [1.82, 2.24) is 14.7 Å². The van der Waals surface area contributed by atoms with E-state index in [-0.39, 0.29) is 19.2 Å². The van der Waals surface area contributed by atoms with Gasteiger partial charge in [-0.2, -0.15) is 0 Å². The zero-order valence-corrected chi connectivity index (χ0v) is 11.4. The van der Waals surface area contributed by atoms with E-state index < -0.39 is 12.0 Å². The second kappa shape index (κ2) is 6.87. The highest BCUT2D eigenvalue weighted by molar-refractivity contribution is 5.83. The van der Waals surface area contributed by atoms with Crippen LogP contribution in [0.15, 0.2) is 0 Å². The molecular formula is C12H21N3O5. The number of ether oxygens (including phenoxy) is 1. The maximum absolute atomic E-state index is 12.4. The summed E-state index contributed by atoms with van der Waals surface area (Å²) in [5.74, 6) is -1.03. The molecule has 2 amide bonds. The van der Waals surface area contributed by atoms with Gasteiger partial charge in [0, 0.05) is 39.3 Å². The molecule has 2 aliphatic rings. The lowest BCUT2D eigenvalue weighted by molar-refractivity contribution is -0.147. The molecule has 2 rings (SSSR count). The van der Waals surface area contributed by atoms with Gasteiger partial charge in [0.25, 0.3) is 0 Å². The number of morpholine rings is 1. The van der Waals surface area contributed by atoms with E-state index in [1.54, 1.807) is 4.90 Å². The van der Waals surface area contributed by atoms with Crippen molar-refractivity contribution >= 4 is 12.0 Å². The number of aliphatic hydroxyl groups is 1. The number of hydrogen-bond donors (Lipinski definition) is 2. The lowest BCUT2D eigenvalue weighted by Gasteiger charge is -2.40. The summed E-state index contributed by atoms with van der Waals surface area (Å²) in [4.78, 5) is 28.7. The molecule has 0 radical (unpaired) electrons. The predicted octanol–water partition coefficient (Wildman–Crippen LogP) is -1.50. The minimum Gasteiger partial charge on any atom is -0.480 e. The summed E-state index contributed by atoms with van der Waals surface area (Å²) in [5.41, 5.74) is 0. The van der Waals surface area contributed by atoms with Gasteiger partial charge in [0.2, 0.25) is 0 Å². The molecule has 2 N–H and O–H groups in total. The van der Waals surface area contributed by atoms with Crippen molar-refractivity contribution in [1.29, 1.82) is 0 Å². The van der Waals surface area contributed by atoms with Crippen LogP contribution in [0.4, 0.5) is 4.79 Å². The van der Waals surface area contributed by atoms with E-state index in [4.69, 9.17) is 14.9 Å². The highest BCUT2D eigenvalue weighted by Gasteiger charge is 2.35. The zero-order chi connectivity index (χ0) is 14.5. The van der Waals surface area contributed by atoms with Crippen LogP contribution in [0.3, 0.4) is 0 Å². The minimum atomic E-state index is -1.03. The van der Waals surface area contributed by atoms with Crippen molar-refractivity contribution in [2.24, 2.45) is 0 Å². The maximum Gasteiger partial charge on any atom is 0.328 e. The van der Waals surface area contributed by atoms with Gasteiger partial charge in [0.15, 0.2) is 6.04 Å². The highest BCUT2D eigenvalue weighted by atomic mass is 16.5. The molecule has 0 saturated carbocycles. The molecular weight excluding hydrogens is 266 g/mol. The van der Waals surface area contributed by atoms with E-state index in [0.717, 1.165) is 0 Å². The molecule has 8 nitrogen and oxygen atoms in total. The van der Waals surface area contributed by atoms with Gasteiger partial charge in [-0.25, -0.2) is 9.59 Å². The summed E-state index contributed by atoms with van der Waals surface area (Å²) in [6.07, 6.45) is 0. The molecule has 2 fully saturated rings. The summed E-state index contributed by atoms with van der Waals surface area (Å²) < 4.78 is 5.13. The molecule has 114 valence electrons. The molecule has 2 heterocycles. The number of β-amino-alcohol motifs (C(OH)–C–C–N with tert-alkyl or cyclic N) is 1. The Labute approximate surface area is 117 Å². The van der Waals surface area contributed by atoms with E-state index in [1.807, 2.05) is 0 Å². The molecule has 0 bridgehead atoms. The lowest BCUT2D eigenvalue weighted by Crippen LogP contribution is -2.59. The number of aliphatic carboxylic acids is 1. The van der Waals surface area contributed by atoms with Gasteiger partial charge in [-0.05, 0) is 0 Å². The summed E-state index contributed by atoms with van der Waals surface area (Å²) >= 11 is 0. The number of aliphatic hydroxyl groups excluding tert-OH is 1. The fourth-order valence-electron chi connectivity index (χ4n) is 2.52. The molecule has 2 aliphatic heterocycles. The lowest BCUT2D eigenvalue weighted by atomic mass is 10.2. The number of carbonyl (C=O) groups is 2. The highest BCUT2D eigenvalue weighted by Crippen LogP contribution is 2.12. The summed E-state index contributed by atoms with van der Waals surface area (Å²) in [6, 6.07) is -1.13. The first-order valence-electron chi connectivity index (χ1n) is 6.83. The average Bonchev–Trinajstić information content (AvgIpc) is 2.47. The van der Waals surface area contributed by atoms with Gasteiger partial charge in [-0.3, -0.25) is 4.90 Å². The van der Waals surface area contributed by atoms with E-state index in [0.29, 0.717) is 45.9 Å². The van der Waals surface area contributed by atoms with E-state index in [2.05, 4.69) is 4.90 Å².